The summed E-state index contributed by atoms with van der Waals surface area (Å²) in [6, 6.07) is 10.3. The van der Waals surface area contributed by atoms with Gasteiger partial charge >= 0.3 is 6.01 Å². The number of nitrogen functional groups attached to an aromatic ring is 1. The van der Waals surface area contributed by atoms with Crippen LogP contribution in [0.2, 0.25) is 0 Å². The molecule has 0 saturated carbocycles. The minimum absolute atomic E-state index is 0.00137. The van der Waals surface area contributed by atoms with Gasteiger partial charge in [0.1, 0.15) is 5.82 Å². The first-order valence-electron chi connectivity index (χ1n) is 11.8. The molecule has 4 heterocycles. The van der Waals surface area contributed by atoms with Gasteiger partial charge in [0.2, 0.25) is 5.91 Å². The Labute approximate surface area is 236 Å². The number of nitrogens with two attached hydrogens (primary N) is 1. The molecule has 0 radical (unpaired) electrons. The van der Waals surface area contributed by atoms with Gasteiger partial charge in [-0.3, -0.25) is 9.78 Å². The third-order valence-corrected chi connectivity index (χ3v) is 8.03. The number of nitrogens with zero attached hydrogens (tertiary/aromatic N) is 4. The number of pyridine rings is 2. The minimum Gasteiger partial charge on any atom is -0.421 e. The zero-order chi connectivity index (χ0) is 27.7. The van der Waals surface area contributed by atoms with Crippen LogP contribution in [-0.4, -0.2) is 25.8 Å². The number of halogens is 2. The third-order valence-electron chi connectivity index (χ3n) is 5.91. The van der Waals surface area contributed by atoms with Gasteiger partial charge in [-0.1, -0.05) is 12.6 Å². The maximum absolute atomic E-state index is 15.4. The third kappa shape index (κ3) is 5.36. The van der Waals surface area contributed by atoms with Crippen LogP contribution < -0.4 is 15.8 Å². The summed E-state index contributed by atoms with van der Waals surface area (Å²) in [4.78, 5) is 29.7. The van der Waals surface area contributed by atoms with Crippen molar-refractivity contribution in [1.82, 2.24) is 25.3 Å². The second kappa shape index (κ2) is 10.9. The van der Waals surface area contributed by atoms with E-state index in [-0.39, 0.29) is 24.2 Å². The van der Waals surface area contributed by atoms with Gasteiger partial charge in [-0.2, -0.15) is 0 Å². The Balaban J connectivity index is 1.61. The molecule has 0 aliphatic carbocycles. The Kier molecular flexibility index (Phi) is 7.36. The molecule has 0 unspecified atom stereocenters. The van der Waals surface area contributed by atoms with E-state index in [1.807, 2.05) is 19.1 Å². The molecule has 8 nitrogen and oxygen atoms in total. The van der Waals surface area contributed by atoms with Gasteiger partial charge < -0.3 is 15.8 Å². The first kappa shape index (κ1) is 26.4. The van der Waals surface area contributed by atoms with Crippen LogP contribution in [0.25, 0.3) is 31.7 Å². The summed E-state index contributed by atoms with van der Waals surface area (Å²) in [5.74, 6) is -0.524. The summed E-state index contributed by atoms with van der Waals surface area (Å²) in [6.07, 6.45) is 4.42. The molecule has 0 bridgehead atoms. The van der Waals surface area contributed by atoms with Crippen molar-refractivity contribution >= 4 is 49.1 Å². The van der Waals surface area contributed by atoms with E-state index in [1.54, 1.807) is 37.5 Å². The lowest BCUT2D eigenvalue weighted by Gasteiger charge is -2.12. The summed E-state index contributed by atoms with van der Waals surface area (Å²) < 4.78 is 22.6. The van der Waals surface area contributed by atoms with Crippen molar-refractivity contribution in [2.45, 2.75) is 20.4 Å². The molecule has 4 aromatic heterocycles. The molecule has 196 valence electrons. The average Bonchev–Trinajstić information content (AvgIpc) is 3.32. The van der Waals surface area contributed by atoms with Gasteiger partial charge in [-0.25, -0.2) is 19.3 Å². The van der Waals surface area contributed by atoms with Gasteiger partial charge in [-0.05, 0) is 71.7 Å². The molecule has 5 rings (SSSR count). The Morgan fingerprint density at radius 1 is 1.21 bits per heavy atom. The number of rotatable bonds is 7. The van der Waals surface area contributed by atoms with Crippen molar-refractivity contribution < 1.29 is 13.9 Å². The summed E-state index contributed by atoms with van der Waals surface area (Å²) in [5.41, 5.74) is 10.7. The van der Waals surface area contributed by atoms with E-state index in [4.69, 9.17) is 10.5 Å². The molecule has 0 atom stereocenters. The zero-order valence-corrected chi connectivity index (χ0v) is 23.4. The van der Waals surface area contributed by atoms with Crippen molar-refractivity contribution in [3.8, 4) is 33.3 Å². The Bertz CT molecular complexity index is 1760. The Hall–Kier alpha value is -4.22. The van der Waals surface area contributed by atoms with Crippen LogP contribution in [0.4, 0.5) is 10.2 Å². The monoisotopic (exact) mass is 604 g/mol. The van der Waals surface area contributed by atoms with Crippen LogP contribution in [0.15, 0.2) is 65.9 Å². The topological polar surface area (TPSA) is 116 Å². The van der Waals surface area contributed by atoms with Crippen LogP contribution in [0.3, 0.4) is 0 Å². The van der Waals surface area contributed by atoms with E-state index < -0.39 is 5.82 Å². The van der Waals surface area contributed by atoms with Crippen LogP contribution in [0.5, 0.6) is 11.8 Å². The number of aryl methyl sites for hydroxylation is 2. The van der Waals surface area contributed by atoms with Gasteiger partial charge in [0.15, 0.2) is 11.6 Å². The van der Waals surface area contributed by atoms with Crippen LogP contribution in [0, 0.1) is 19.7 Å². The fourth-order valence-electron chi connectivity index (χ4n) is 4.07. The number of benzene rings is 1. The lowest BCUT2D eigenvalue weighted by atomic mass is 9.98. The zero-order valence-electron chi connectivity index (χ0n) is 21.0. The van der Waals surface area contributed by atoms with Crippen LogP contribution in [-0.2, 0) is 11.3 Å². The molecule has 0 aliphatic rings. The molecule has 1 aromatic carbocycles. The van der Waals surface area contributed by atoms with Crippen LogP contribution >= 0.6 is 27.3 Å². The number of aromatic nitrogens is 4. The molecule has 3 N–H and O–H groups in total. The highest BCUT2D eigenvalue weighted by atomic mass is 79.9. The van der Waals surface area contributed by atoms with Crippen molar-refractivity contribution in [2.24, 2.45) is 0 Å². The lowest BCUT2D eigenvalue weighted by molar-refractivity contribution is -0.116. The number of ether oxygens (including phenoxy) is 1. The number of carbonyl (C=O) groups is 1. The maximum atomic E-state index is 15.4. The van der Waals surface area contributed by atoms with Crippen molar-refractivity contribution in [1.29, 1.82) is 0 Å². The largest absolute Gasteiger partial charge is 0.421 e. The summed E-state index contributed by atoms with van der Waals surface area (Å²) >= 11 is 5.09. The van der Waals surface area contributed by atoms with Crippen LogP contribution in [0.1, 0.15) is 17.1 Å². The number of nitrogens with one attached hydrogen (secondary N) is 1. The van der Waals surface area contributed by atoms with E-state index >= 15 is 4.39 Å². The molecule has 1 amide bonds. The number of hydrogen-bond donors (Lipinski definition) is 2. The molecule has 0 aliphatic heterocycles. The normalized spacial score (nSPS) is 11.0. The number of carbonyl (C=O) groups excluding carboxylic acids is 1. The summed E-state index contributed by atoms with van der Waals surface area (Å²) in [6.45, 7) is 7.42. The molecule has 39 heavy (non-hydrogen) atoms. The molecule has 5 aromatic rings. The molecule has 0 fully saturated rings. The highest BCUT2D eigenvalue weighted by molar-refractivity contribution is 9.10. The second-order valence-electron chi connectivity index (χ2n) is 8.59. The van der Waals surface area contributed by atoms with Crippen molar-refractivity contribution in [3.63, 3.8) is 0 Å². The van der Waals surface area contributed by atoms with Crippen molar-refractivity contribution in [2.75, 3.05) is 5.73 Å². The first-order chi connectivity index (χ1) is 18.7. The Morgan fingerprint density at radius 2 is 2.03 bits per heavy atom. The highest BCUT2D eigenvalue weighted by Crippen LogP contribution is 2.49. The number of thiophene rings is 1. The molecule has 11 heteroatoms. The fraction of sp³-hybridized carbons (Fsp3) is 0.107. The SMILES string of the molecule is C=CC(=O)NCc1ccc(-c2sc3c(Br)cnc(N)c3c2-c2ccc(Oc3nccc(C)n3)c(F)c2)c(C)n1. The standard InChI is InChI=1S/C28H22BrFN6O2S/c1-4-22(37)33-12-17-6-7-18(15(3)36-17)25-23(24-26(39-25)19(29)13-34-27(24)31)16-5-8-21(20(30)11-16)38-28-32-10-9-14(2)35-28/h4-11,13H,1,12H2,2-3H3,(H2,31,34)(H,33,37). The van der Waals surface area contributed by atoms with E-state index in [9.17, 15) is 4.79 Å². The predicted octanol–water partition coefficient (Wildman–Crippen LogP) is 6.51. The molecular weight excluding hydrogens is 583 g/mol. The number of hydrogen-bond acceptors (Lipinski definition) is 8. The van der Waals surface area contributed by atoms with Crippen molar-refractivity contribution in [3.05, 3.63) is 88.8 Å². The summed E-state index contributed by atoms with van der Waals surface area (Å²) in [5, 5.41) is 3.44. The van der Waals surface area contributed by atoms with E-state index in [2.05, 4.69) is 47.8 Å². The lowest BCUT2D eigenvalue weighted by Crippen LogP contribution is -2.20. The van der Waals surface area contributed by atoms with E-state index in [1.165, 1.54) is 23.5 Å². The first-order valence-corrected chi connectivity index (χ1v) is 13.4. The highest BCUT2D eigenvalue weighted by Gasteiger charge is 2.23. The maximum Gasteiger partial charge on any atom is 0.322 e. The van der Waals surface area contributed by atoms with E-state index in [0.717, 1.165) is 30.9 Å². The van der Waals surface area contributed by atoms with Gasteiger partial charge in [0.05, 0.1) is 21.4 Å². The smallest absolute Gasteiger partial charge is 0.322 e. The summed E-state index contributed by atoms with van der Waals surface area (Å²) in [7, 11) is 0. The van der Waals surface area contributed by atoms with E-state index in [0.29, 0.717) is 28.2 Å². The quantitative estimate of drug-likeness (QED) is 0.203. The Morgan fingerprint density at radius 3 is 2.74 bits per heavy atom. The molecule has 0 spiro atoms. The average molecular weight is 605 g/mol. The molecule has 0 saturated heterocycles. The second-order valence-corrected chi connectivity index (χ2v) is 10.5. The van der Waals surface area contributed by atoms with Gasteiger partial charge in [0.25, 0.3) is 0 Å². The minimum atomic E-state index is -0.576. The predicted molar refractivity (Wildman–Crippen MR) is 154 cm³/mol. The number of anilines is 1. The fourth-order valence-corrected chi connectivity index (χ4v) is 5.93. The number of fused-ring (bicyclic) bond motifs is 1. The molecular formula is C28H22BrFN6O2S. The number of amides is 1. The van der Waals surface area contributed by atoms with Gasteiger partial charge in [0, 0.05) is 45.2 Å². The van der Waals surface area contributed by atoms with Gasteiger partial charge in [-0.15, -0.1) is 11.3 Å².